The smallest absolute Gasteiger partial charge is 0.320 e. The van der Waals surface area contributed by atoms with Crippen molar-refractivity contribution in [2.75, 3.05) is 23.8 Å². The molecule has 0 spiro atoms. The van der Waals surface area contributed by atoms with E-state index in [2.05, 4.69) is 23.0 Å². The van der Waals surface area contributed by atoms with Gasteiger partial charge in [0.25, 0.3) is 0 Å². The average molecular weight is 351 g/mol. The van der Waals surface area contributed by atoms with Crippen LogP contribution in [0.3, 0.4) is 0 Å². The van der Waals surface area contributed by atoms with Crippen LogP contribution in [0, 0.1) is 11.3 Å². The molecule has 2 aromatic rings. The third kappa shape index (κ3) is 3.91. The number of nitrogens with two attached hydrogens (primary N) is 1. The molecule has 0 saturated carbocycles. The second-order valence-electron chi connectivity index (χ2n) is 6.28. The Bertz CT molecular complexity index is 859. The summed E-state index contributed by atoms with van der Waals surface area (Å²) in [5.41, 5.74) is 8.20. The minimum Gasteiger partial charge on any atom is -0.463 e. The first-order valence-corrected chi connectivity index (χ1v) is 8.65. The molecule has 1 aliphatic rings. The monoisotopic (exact) mass is 351 g/mol. The number of nitrogens with zero attached hydrogens (tertiary/aromatic N) is 4. The molecule has 2 N–H and O–H groups in total. The molecular weight excluding hydrogens is 330 g/mol. The van der Waals surface area contributed by atoms with Crippen molar-refractivity contribution in [3.8, 4) is 12.1 Å². The first kappa shape index (κ1) is 17.7. The van der Waals surface area contributed by atoms with Gasteiger partial charge < -0.3 is 15.4 Å². The minimum absolute atomic E-state index is 0.0592. The zero-order valence-electron chi connectivity index (χ0n) is 14.7. The maximum Gasteiger partial charge on any atom is 0.320 e. The van der Waals surface area contributed by atoms with E-state index in [1.807, 2.05) is 23.1 Å². The normalized spacial score (nSPS) is 13.2. The molecule has 7 nitrogen and oxygen atoms in total. The number of Topliss-reactive ketones (excluding diaryl/α,β-unsaturated/α-hetero) is 1. The van der Waals surface area contributed by atoms with Gasteiger partial charge in [0.1, 0.15) is 11.6 Å². The van der Waals surface area contributed by atoms with Crippen LogP contribution in [0.25, 0.3) is 0 Å². The Labute approximate surface area is 152 Å². The van der Waals surface area contributed by atoms with E-state index in [9.17, 15) is 4.79 Å². The number of ketones is 1. The van der Waals surface area contributed by atoms with Crippen LogP contribution >= 0.6 is 0 Å². The highest BCUT2D eigenvalue weighted by Crippen LogP contribution is 2.30. The standard InChI is InChI=1S/C19H21N5O2/c1-2-3-7-26-19-22-17(21)16-9-15(25)12-24(18(16)23-19)11-14-6-4-5-13(8-14)10-20/h4-6,8H,2-3,7,9,11-12H2,1H3,(H2,21,22,23). The van der Waals surface area contributed by atoms with Crippen LogP contribution in [0.15, 0.2) is 24.3 Å². The number of ether oxygens (including phenoxy) is 1. The second kappa shape index (κ2) is 7.83. The molecule has 0 aliphatic carbocycles. The molecule has 0 saturated heterocycles. The first-order valence-electron chi connectivity index (χ1n) is 8.65. The maximum absolute atomic E-state index is 12.2. The highest BCUT2D eigenvalue weighted by atomic mass is 16.5. The van der Waals surface area contributed by atoms with E-state index in [4.69, 9.17) is 15.7 Å². The van der Waals surface area contributed by atoms with Crippen LogP contribution in [0.1, 0.15) is 36.5 Å². The fourth-order valence-corrected chi connectivity index (χ4v) is 2.90. The number of anilines is 2. The Hall–Kier alpha value is -3.14. The Morgan fingerprint density at radius 2 is 2.23 bits per heavy atom. The highest BCUT2D eigenvalue weighted by molar-refractivity contribution is 5.91. The fourth-order valence-electron chi connectivity index (χ4n) is 2.90. The van der Waals surface area contributed by atoms with Gasteiger partial charge in [-0.05, 0) is 24.1 Å². The summed E-state index contributed by atoms with van der Waals surface area (Å²) < 4.78 is 5.60. The predicted molar refractivity (Wildman–Crippen MR) is 97.8 cm³/mol. The van der Waals surface area contributed by atoms with Crippen molar-refractivity contribution in [3.05, 3.63) is 41.0 Å². The summed E-state index contributed by atoms with van der Waals surface area (Å²) in [6.45, 7) is 3.31. The number of hydrogen-bond donors (Lipinski definition) is 1. The van der Waals surface area contributed by atoms with Gasteiger partial charge in [-0.3, -0.25) is 4.79 Å². The molecule has 0 unspecified atom stereocenters. The van der Waals surface area contributed by atoms with Crippen molar-refractivity contribution < 1.29 is 9.53 Å². The molecule has 0 fully saturated rings. The first-order chi connectivity index (χ1) is 12.6. The number of nitriles is 1. The molecule has 1 aromatic heterocycles. The van der Waals surface area contributed by atoms with Gasteiger partial charge >= 0.3 is 6.01 Å². The lowest BCUT2D eigenvalue weighted by molar-refractivity contribution is -0.117. The predicted octanol–water partition coefficient (Wildman–Crippen LogP) is 2.24. The van der Waals surface area contributed by atoms with Crippen molar-refractivity contribution >= 4 is 17.4 Å². The van der Waals surface area contributed by atoms with E-state index in [1.165, 1.54) is 0 Å². The molecule has 0 radical (unpaired) electrons. The molecule has 0 bridgehead atoms. The van der Waals surface area contributed by atoms with E-state index in [1.54, 1.807) is 6.07 Å². The van der Waals surface area contributed by atoms with E-state index in [0.29, 0.717) is 30.1 Å². The molecule has 26 heavy (non-hydrogen) atoms. The number of hydrogen-bond acceptors (Lipinski definition) is 7. The second-order valence-corrected chi connectivity index (χ2v) is 6.28. The number of nitrogen functional groups attached to an aromatic ring is 1. The van der Waals surface area contributed by atoms with Gasteiger partial charge in [0.15, 0.2) is 5.78 Å². The van der Waals surface area contributed by atoms with E-state index in [-0.39, 0.29) is 30.6 Å². The van der Waals surface area contributed by atoms with Gasteiger partial charge in [0.2, 0.25) is 0 Å². The number of fused-ring (bicyclic) bond motifs is 1. The SMILES string of the molecule is CCCCOc1nc(N)c2c(n1)N(Cc1cccc(C#N)c1)CC(=O)C2. The highest BCUT2D eigenvalue weighted by Gasteiger charge is 2.27. The van der Waals surface area contributed by atoms with Gasteiger partial charge in [0, 0.05) is 18.5 Å². The molecule has 134 valence electrons. The Morgan fingerprint density at radius 1 is 1.38 bits per heavy atom. The third-order valence-electron chi connectivity index (χ3n) is 4.20. The molecule has 0 atom stereocenters. The molecule has 2 heterocycles. The summed E-state index contributed by atoms with van der Waals surface area (Å²) in [5, 5.41) is 9.07. The van der Waals surface area contributed by atoms with E-state index < -0.39 is 0 Å². The Morgan fingerprint density at radius 3 is 3.00 bits per heavy atom. The zero-order valence-corrected chi connectivity index (χ0v) is 14.7. The van der Waals surface area contributed by atoms with Crippen molar-refractivity contribution in [1.29, 1.82) is 5.26 Å². The number of carbonyl (C=O) groups is 1. The maximum atomic E-state index is 12.2. The van der Waals surface area contributed by atoms with Crippen LogP contribution in [-0.4, -0.2) is 28.9 Å². The minimum atomic E-state index is 0.0592. The van der Waals surface area contributed by atoms with Gasteiger partial charge in [0.05, 0.1) is 24.8 Å². The topological polar surface area (TPSA) is 105 Å². The summed E-state index contributed by atoms with van der Waals surface area (Å²) in [6.07, 6.45) is 2.14. The van der Waals surface area contributed by atoms with Crippen molar-refractivity contribution in [2.45, 2.75) is 32.7 Å². The fraction of sp³-hybridized carbons (Fsp3) is 0.368. The van der Waals surface area contributed by atoms with Crippen LogP contribution in [-0.2, 0) is 17.8 Å². The van der Waals surface area contributed by atoms with Gasteiger partial charge in [-0.25, -0.2) is 0 Å². The quantitative estimate of drug-likeness (QED) is 0.796. The van der Waals surface area contributed by atoms with Crippen LogP contribution in [0.2, 0.25) is 0 Å². The van der Waals surface area contributed by atoms with Gasteiger partial charge in [-0.15, -0.1) is 0 Å². The van der Waals surface area contributed by atoms with Crippen LogP contribution in [0.5, 0.6) is 6.01 Å². The lowest BCUT2D eigenvalue weighted by atomic mass is 10.0. The number of rotatable bonds is 6. The number of aromatic nitrogens is 2. The molecule has 1 aromatic carbocycles. The largest absolute Gasteiger partial charge is 0.463 e. The zero-order chi connectivity index (χ0) is 18.5. The number of unbranched alkanes of at least 4 members (excludes halogenated alkanes) is 1. The lowest BCUT2D eigenvalue weighted by Crippen LogP contribution is -2.36. The Balaban J connectivity index is 1.90. The summed E-state index contributed by atoms with van der Waals surface area (Å²) in [7, 11) is 0. The van der Waals surface area contributed by atoms with Gasteiger partial charge in [-0.2, -0.15) is 15.2 Å². The van der Waals surface area contributed by atoms with Crippen LogP contribution < -0.4 is 15.4 Å². The molecule has 0 amide bonds. The van der Waals surface area contributed by atoms with Crippen molar-refractivity contribution in [3.63, 3.8) is 0 Å². The van der Waals surface area contributed by atoms with Crippen molar-refractivity contribution in [1.82, 2.24) is 9.97 Å². The lowest BCUT2D eigenvalue weighted by Gasteiger charge is -2.30. The van der Waals surface area contributed by atoms with Gasteiger partial charge in [-0.1, -0.05) is 25.5 Å². The Kier molecular flexibility index (Phi) is 5.32. The van der Waals surface area contributed by atoms with E-state index in [0.717, 1.165) is 18.4 Å². The number of carbonyl (C=O) groups excluding carboxylic acids is 1. The summed E-state index contributed by atoms with van der Waals surface area (Å²) in [4.78, 5) is 22.7. The summed E-state index contributed by atoms with van der Waals surface area (Å²) in [5.74, 6) is 0.972. The molecule has 3 rings (SSSR count). The number of benzene rings is 1. The van der Waals surface area contributed by atoms with Crippen LogP contribution in [0.4, 0.5) is 11.6 Å². The third-order valence-corrected chi connectivity index (χ3v) is 4.20. The molecule has 7 heteroatoms. The molecule has 1 aliphatic heterocycles. The summed E-state index contributed by atoms with van der Waals surface area (Å²) in [6, 6.07) is 9.67. The summed E-state index contributed by atoms with van der Waals surface area (Å²) >= 11 is 0. The van der Waals surface area contributed by atoms with E-state index >= 15 is 0 Å². The average Bonchev–Trinajstić information content (AvgIpc) is 2.63. The van der Waals surface area contributed by atoms with Crippen molar-refractivity contribution in [2.24, 2.45) is 0 Å². The molecular formula is C19H21N5O2.